The predicted molar refractivity (Wildman–Crippen MR) is 63.1 cm³/mol. The number of ketones is 1. The molecule has 1 aromatic carbocycles. The average Bonchev–Trinajstić information content (AvgIpc) is 2.71. The standard InChI is InChI=1S/C14H13NO2/c1-9-15-14-12(16)7-11(8-13(14)17-9)10-5-3-2-4-6-10/h2-6,11H,7-8H2,1H3. The number of rotatable bonds is 1. The van der Waals surface area contributed by atoms with E-state index in [9.17, 15) is 4.79 Å². The number of Topliss-reactive ketones (excluding diaryl/α,β-unsaturated/α-hetero) is 1. The van der Waals surface area contributed by atoms with Gasteiger partial charge in [-0.05, 0) is 11.5 Å². The minimum Gasteiger partial charge on any atom is -0.445 e. The van der Waals surface area contributed by atoms with Crippen LogP contribution in [0.25, 0.3) is 0 Å². The second-order valence-electron chi connectivity index (χ2n) is 4.44. The highest BCUT2D eigenvalue weighted by Gasteiger charge is 2.30. The lowest BCUT2D eigenvalue weighted by Crippen LogP contribution is -2.18. The minimum atomic E-state index is 0.0944. The van der Waals surface area contributed by atoms with Gasteiger partial charge in [0.05, 0.1) is 0 Å². The molecule has 0 radical (unpaired) electrons. The lowest BCUT2D eigenvalue weighted by molar-refractivity contribution is 0.0956. The molecular formula is C14H13NO2. The molecule has 0 saturated carbocycles. The van der Waals surface area contributed by atoms with Gasteiger partial charge in [0.1, 0.15) is 11.5 Å². The van der Waals surface area contributed by atoms with E-state index in [1.54, 1.807) is 6.92 Å². The molecule has 3 nitrogen and oxygen atoms in total. The van der Waals surface area contributed by atoms with Gasteiger partial charge in [-0.2, -0.15) is 0 Å². The summed E-state index contributed by atoms with van der Waals surface area (Å²) in [7, 11) is 0. The first-order chi connectivity index (χ1) is 8.24. The molecule has 0 aliphatic heterocycles. The van der Waals surface area contributed by atoms with Crippen molar-refractivity contribution in [3.63, 3.8) is 0 Å². The van der Waals surface area contributed by atoms with E-state index >= 15 is 0 Å². The topological polar surface area (TPSA) is 43.1 Å². The van der Waals surface area contributed by atoms with Crippen LogP contribution in [0.15, 0.2) is 34.7 Å². The van der Waals surface area contributed by atoms with Crippen LogP contribution in [-0.4, -0.2) is 10.8 Å². The molecule has 1 atom stereocenters. The second kappa shape index (κ2) is 3.84. The number of oxazole rings is 1. The smallest absolute Gasteiger partial charge is 0.191 e. The van der Waals surface area contributed by atoms with Gasteiger partial charge in [0, 0.05) is 19.8 Å². The maximum absolute atomic E-state index is 12.0. The Morgan fingerprint density at radius 1 is 1.24 bits per heavy atom. The highest BCUT2D eigenvalue weighted by atomic mass is 16.4. The van der Waals surface area contributed by atoms with Crippen LogP contribution in [0.4, 0.5) is 0 Å². The molecule has 1 heterocycles. The monoisotopic (exact) mass is 227 g/mol. The molecule has 0 N–H and O–H groups in total. The number of aromatic nitrogens is 1. The van der Waals surface area contributed by atoms with Crippen molar-refractivity contribution in [1.29, 1.82) is 0 Å². The lowest BCUT2D eigenvalue weighted by Gasteiger charge is -2.19. The van der Waals surface area contributed by atoms with E-state index < -0.39 is 0 Å². The van der Waals surface area contributed by atoms with E-state index in [1.165, 1.54) is 5.56 Å². The first-order valence-corrected chi connectivity index (χ1v) is 5.78. The van der Waals surface area contributed by atoms with Crippen LogP contribution in [0.5, 0.6) is 0 Å². The molecule has 1 aromatic heterocycles. The fraction of sp³-hybridized carbons (Fsp3) is 0.286. The fourth-order valence-electron chi connectivity index (χ4n) is 2.40. The van der Waals surface area contributed by atoms with Crippen molar-refractivity contribution in [2.24, 2.45) is 0 Å². The van der Waals surface area contributed by atoms with E-state index in [-0.39, 0.29) is 11.7 Å². The third kappa shape index (κ3) is 1.78. The van der Waals surface area contributed by atoms with E-state index in [0.717, 1.165) is 12.2 Å². The summed E-state index contributed by atoms with van der Waals surface area (Å²) in [6.45, 7) is 1.78. The number of fused-ring (bicyclic) bond motifs is 1. The van der Waals surface area contributed by atoms with E-state index in [4.69, 9.17) is 4.42 Å². The molecule has 0 fully saturated rings. The van der Waals surface area contributed by atoms with Crippen LogP contribution >= 0.6 is 0 Å². The molecule has 0 bridgehead atoms. The number of carbonyl (C=O) groups is 1. The number of carbonyl (C=O) groups excluding carboxylic acids is 1. The quantitative estimate of drug-likeness (QED) is 0.752. The highest BCUT2D eigenvalue weighted by molar-refractivity contribution is 5.96. The Labute approximate surface area is 99.5 Å². The minimum absolute atomic E-state index is 0.0944. The van der Waals surface area contributed by atoms with Gasteiger partial charge in [0.25, 0.3) is 0 Å². The van der Waals surface area contributed by atoms with Crippen LogP contribution < -0.4 is 0 Å². The highest BCUT2D eigenvalue weighted by Crippen LogP contribution is 2.32. The second-order valence-corrected chi connectivity index (χ2v) is 4.44. The molecule has 3 heteroatoms. The van der Waals surface area contributed by atoms with Crippen molar-refractivity contribution in [2.75, 3.05) is 0 Å². The molecule has 17 heavy (non-hydrogen) atoms. The summed E-state index contributed by atoms with van der Waals surface area (Å²) in [5, 5.41) is 0. The first kappa shape index (κ1) is 10.3. The van der Waals surface area contributed by atoms with Gasteiger partial charge in [0.15, 0.2) is 11.7 Å². The molecule has 1 unspecified atom stereocenters. The molecule has 86 valence electrons. The molecule has 0 amide bonds. The summed E-state index contributed by atoms with van der Waals surface area (Å²) >= 11 is 0. The Morgan fingerprint density at radius 3 is 2.76 bits per heavy atom. The van der Waals surface area contributed by atoms with Crippen LogP contribution in [0, 0.1) is 6.92 Å². The van der Waals surface area contributed by atoms with Crippen LogP contribution in [-0.2, 0) is 6.42 Å². The molecule has 0 spiro atoms. The van der Waals surface area contributed by atoms with Gasteiger partial charge in [-0.25, -0.2) is 4.98 Å². The van der Waals surface area contributed by atoms with Crippen molar-refractivity contribution in [3.8, 4) is 0 Å². The fourth-order valence-corrected chi connectivity index (χ4v) is 2.40. The first-order valence-electron chi connectivity index (χ1n) is 5.78. The van der Waals surface area contributed by atoms with E-state index in [0.29, 0.717) is 18.0 Å². The van der Waals surface area contributed by atoms with Gasteiger partial charge in [0.2, 0.25) is 0 Å². The summed E-state index contributed by atoms with van der Waals surface area (Å²) in [6, 6.07) is 10.1. The Balaban J connectivity index is 1.96. The van der Waals surface area contributed by atoms with E-state index in [2.05, 4.69) is 17.1 Å². The largest absolute Gasteiger partial charge is 0.445 e. The average molecular weight is 227 g/mol. The van der Waals surface area contributed by atoms with Gasteiger partial charge < -0.3 is 4.42 Å². The summed E-state index contributed by atoms with van der Waals surface area (Å²) in [5.41, 5.74) is 1.73. The van der Waals surface area contributed by atoms with Crippen molar-refractivity contribution in [2.45, 2.75) is 25.7 Å². The van der Waals surface area contributed by atoms with Crippen LogP contribution in [0.1, 0.15) is 40.0 Å². The van der Waals surface area contributed by atoms with Gasteiger partial charge in [-0.1, -0.05) is 30.3 Å². The van der Waals surface area contributed by atoms with E-state index in [1.807, 2.05) is 18.2 Å². The molecule has 2 aromatic rings. The lowest BCUT2D eigenvalue weighted by atomic mass is 9.84. The summed E-state index contributed by atoms with van der Waals surface area (Å²) in [4.78, 5) is 16.1. The zero-order chi connectivity index (χ0) is 11.8. The molecular weight excluding hydrogens is 214 g/mol. The SMILES string of the molecule is Cc1nc2c(o1)CC(c1ccccc1)CC2=O. The predicted octanol–water partition coefficient (Wildman–Crippen LogP) is 2.90. The van der Waals surface area contributed by atoms with Crippen molar-refractivity contribution >= 4 is 5.78 Å². The Bertz CT molecular complexity index is 557. The Kier molecular flexibility index (Phi) is 2.32. The number of benzene rings is 1. The zero-order valence-electron chi connectivity index (χ0n) is 9.64. The molecule has 0 saturated heterocycles. The van der Waals surface area contributed by atoms with Gasteiger partial charge in [-0.3, -0.25) is 4.79 Å². The Morgan fingerprint density at radius 2 is 2.00 bits per heavy atom. The summed E-state index contributed by atoms with van der Waals surface area (Å²) < 4.78 is 5.50. The maximum atomic E-state index is 12.0. The zero-order valence-corrected chi connectivity index (χ0v) is 9.64. The third-order valence-corrected chi connectivity index (χ3v) is 3.20. The number of hydrogen-bond acceptors (Lipinski definition) is 3. The normalized spacial score (nSPS) is 19.1. The number of hydrogen-bond donors (Lipinski definition) is 0. The van der Waals surface area contributed by atoms with Crippen molar-refractivity contribution in [3.05, 3.63) is 53.2 Å². The molecule has 1 aliphatic rings. The molecule has 3 rings (SSSR count). The summed E-state index contributed by atoms with van der Waals surface area (Å²) in [6.07, 6.45) is 1.30. The molecule has 1 aliphatic carbocycles. The number of nitrogens with zero attached hydrogens (tertiary/aromatic N) is 1. The van der Waals surface area contributed by atoms with Crippen LogP contribution in [0.3, 0.4) is 0 Å². The number of aryl methyl sites for hydroxylation is 1. The summed E-state index contributed by atoms with van der Waals surface area (Å²) in [5.74, 6) is 1.64. The van der Waals surface area contributed by atoms with Crippen molar-refractivity contribution < 1.29 is 9.21 Å². The maximum Gasteiger partial charge on any atom is 0.191 e. The third-order valence-electron chi connectivity index (χ3n) is 3.20. The van der Waals surface area contributed by atoms with Crippen molar-refractivity contribution in [1.82, 2.24) is 4.98 Å². The van der Waals surface area contributed by atoms with Gasteiger partial charge >= 0.3 is 0 Å². The van der Waals surface area contributed by atoms with Crippen LogP contribution in [0.2, 0.25) is 0 Å². The Hall–Kier alpha value is -1.90. The van der Waals surface area contributed by atoms with Gasteiger partial charge in [-0.15, -0.1) is 0 Å².